The van der Waals surface area contributed by atoms with Crippen molar-refractivity contribution in [3.8, 4) is 0 Å². The predicted octanol–water partition coefficient (Wildman–Crippen LogP) is 1.53. The van der Waals surface area contributed by atoms with Crippen molar-refractivity contribution < 1.29 is 9.59 Å². The van der Waals surface area contributed by atoms with Gasteiger partial charge in [-0.05, 0) is 5.56 Å². The van der Waals surface area contributed by atoms with Gasteiger partial charge in [-0.2, -0.15) is 0 Å². The first-order valence-corrected chi connectivity index (χ1v) is 4.50. The Morgan fingerprint density at radius 2 is 1.87 bits per heavy atom. The van der Waals surface area contributed by atoms with Crippen molar-refractivity contribution in [1.29, 1.82) is 0 Å². The van der Waals surface area contributed by atoms with Gasteiger partial charge in [-0.3, -0.25) is 9.59 Å². The number of carbonyl (C=O) groups excluding carboxylic acids is 2. The molecule has 0 bridgehead atoms. The van der Waals surface area contributed by atoms with Crippen molar-refractivity contribution in [2.75, 3.05) is 0 Å². The summed E-state index contributed by atoms with van der Waals surface area (Å²) in [5.74, 6) is -0.160. The molecule has 0 saturated heterocycles. The van der Waals surface area contributed by atoms with Gasteiger partial charge in [-0.15, -0.1) is 0 Å². The quantitative estimate of drug-likeness (QED) is 0.750. The highest BCUT2D eigenvalue weighted by Crippen LogP contribution is 2.31. The van der Waals surface area contributed by atoms with Crippen LogP contribution in [0.3, 0.4) is 0 Å². The number of Topliss-reactive ketones (excluding diaryl/α,β-unsaturated/α-hetero) is 1. The molecule has 15 heavy (non-hydrogen) atoms. The minimum atomic E-state index is -0.160. The molecular formula is C12H9NO2. The lowest BCUT2D eigenvalue weighted by atomic mass is 10.1. The number of ketones is 1. The first-order chi connectivity index (χ1) is 7.29. The Hall–Kier alpha value is -2.16. The fraction of sp³-hybridized carbons (Fsp3) is 0. The van der Waals surface area contributed by atoms with E-state index < -0.39 is 0 Å². The monoisotopic (exact) mass is 199 g/mol. The zero-order valence-corrected chi connectivity index (χ0v) is 7.99. The molecule has 1 N–H and O–H groups in total. The summed E-state index contributed by atoms with van der Waals surface area (Å²) in [7, 11) is 0. The van der Waals surface area contributed by atoms with Crippen molar-refractivity contribution in [2.24, 2.45) is 0 Å². The first kappa shape index (κ1) is 9.40. The topological polar surface area (TPSA) is 46.2 Å². The highest BCUT2D eigenvalue weighted by molar-refractivity contribution is 6.22. The molecule has 1 aliphatic carbocycles. The maximum atomic E-state index is 11.8. The summed E-state index contributed by atoms with van der Waals surface area (Å²) < 4.78 is 0. The minimum absolute atomic E-state index is 0.160. The van der Waals surface area contributed by atoms with Crippen LogP contribution >= 0.6 is 0 Å². The van der Waals surface area contributed by atoms with Crippen molar-refractivity contribution in [1.82, 2.24) is 5.32 Å². The SMILES string of the molecule is C=CC1=C(NC=O)C(=O)c2ccccc21. The average molecular weight is 199 g/mol. The molecule has 0 spiro atoms. The third-order valence-corrected chi connectivity index (χ3v) is 2.37. The van der Waals surface area contributed by atoms with Gasteiger partial charge in [0.2, 0.25) is 12.2 Å². The van der Waals surface area contributed by atoms with Gasteiger partial charge in [-0.1, -0.05) is 36.9 Å². The predicted molar refractivity (Wildman–Crippen MR) is 57.1 cm³/mol. The molecule has 0 fully saturated rings. The molecule has 1 aromatic carbocycles. The zero-order chi connectivity index (χ0) is 10.8. The zero-order valence-electron chi connectivity index (χ0n) is 7.99. The van der Waals surface area contributed by atoms with Gasteiger partial charge in [0, 0.05) is 11.1 Å². The minimum Gasteiger partial charge on any atom is -0.325 e. The standard InChI is InChI=1S/C12H9NO2/c1-2-8-9-5-3-4-6-10(9)12(15)11(8)13-7-14/h2-7H,1H2,(H,13,14,15). The van der Waals surface area contributed by atoms with Crippen LogP contribution in [0.1, 0.15) is 15.9 Å². The van der Waals surface area contributed by atoms with E-state index in [4.69, 9.17) is 0 Å². The second-order valence-corrected chi connectivity index (χ2v) is 3.13. The van der Waals surface area contributed by atoms with Gasteiger partial charge in [0.15, 0.2) is 0 Å². The van der Waals surface area contributed by atoms with Crippen LogP contribution in [0.2, 0.25) is 0 Å². The second-order valence-electron chi connectivity index (χ2n) is 3.13. The third kappa shape index (κ3) is 1.29. The molecule has 1 amide bonds. The van der Waals surface area contributed by atoms with Crippen LogP contribution in [0.25, 0.3) is 5.57 Å². The summed E-state index contributed by atoms with van der Waals surface area (Å²) in [4.78, 5) is 22.2. The van der Waals surface area contributed by atoms with Gasteiger partial charge in [0.25, 0.3) is 0 Å². The Morgan fingerprint density at radius 1 is 1.20 bits per heavy atom. The lowest BCUT2D eigenvalue weighted by Gasteiger charge is -1.98. The number of benzene rings is 1. The lowest BCUT2D eigenvalue weighted by Crippen LogP contribution is -2.16. The Morgan fingerprint density at radius 3 is 2.47 bits per heavy atom. The van der Waals surface area contributed by atoms with Gasteiger partial charge >= 0.3 is 0 Å². The van der Waals surface area contributed by atoms with Crippen LogP contribution < -0.4 is 5.32 Å². The summed E-state index contributed by atoms with van der Waals surface area (Å²) in [5, 5.41) is 2.42. The number of fused-ring (bicyclic) bond motifs is 1. The van der Waals surface area contributed by atoms with E-state index in [1.807, 2.05) is 12.1 Å². The van der Waals surface area contributed by atoms with E-state index in [1.54, 1.807) is 18.2 Å². The Bertz CT molecular complexity index is 486. The highest BCUT2D eigenvalue weighted by Gasteiger charge is 2.27. The molecule has 0 saturated carbocycles. The van der Waals surface area contributed by atoms with E-state index in [2.05, 4.69) is 11.9 Å². The van der Waals surface area contributed by atoms with Crippen LogP contribution in [0.5, 0.6) is 0 Å². The summed E-state index contributed by atoms with van der Waals surface area (Å²) >= 11 is 0. The fourth-order valence-electron chi connectivity index (χ4n) is 1.72. The molecule has 0 radical (unpaired) electrons. The van der Waals surface area contributed by atoms with E-state index >= 15 is 0 Å². The molecule has 1 aromatic rings. The molecule has 0 aliphatic heterocycles. The number of amides is 1. The third-order valence-electron chi connectivity index (χ3n) is 2.37. The van der Waals surface area contributed by atoms with Crippen molar-refractivity contribution in [3.63, 3.8) is 0 Å². The molecule has 0 unspecified atom stereocenters. The van der Waals surface area contributed by atoms with Crippen LogP contribution in [0, 0.1) is 0 Å². The number of carbonyl (C=O) groups is 2. The molecule has 0 heterocycles. The van der Waals surface area contributed by atoms with Gasteiger partial charge < -0.3 is 5.32 Å². The smallest absolute Gasteiger partial charge is 0.211 e. The van der Waals surface area contributed by atoms with E-state index in [1.165, 1.54) is 0 Å². The van der Waals surface area contributed by atoms with Gasteiger partial charge in [0.1, 0.15) is 0 Å². The molecule has 1 aliphatic rings. The molecular weight excluding hydrogens is 190 g/mol. The maximum absolute atomic E-state index is 11.8. The summed E-state index contributed by atoms with van der Waals surface area (Å²) in [6.45, 7) is 3.64. The molecule has 3 nitrogen and oxygen atoms in total. The lowest BCUT2D eigenvalue weighted by molar-refractivity contribution is -0.108. The Balaban J connectivity index is 2.63. The average Bonchev–Trinajstić information content (AvgIpc) is 2.54. The van der Waals surface area contributed by atoms with E-state index in [-0.39, 0.29) is 5.78 Å². The van der Waals surface area contributed by atoms with Crippen molar-refractivity contribution in [2.45, 2.75) is 0 Å². The number of hydrogen-bond donors (Lipinski definition) is 1. The van der Waals surface area contributed by atoms with Crippen LogP contribution in [-0.4, -0.2) is 12.2 Å². The molecule has 2 rings (SSSR count). The largest absolute Gasteiger partial charge is 0.325 e. The summed E-state index contributed by atoms with van der Waals surface area (Å²) in [6.07, 6.45) is 2.08. The fourth-order valence-corrected chi connectivity index (χ4v) is 1.72. The van der Waals surface area contributed by atoms with Gasteiger partial charge in [-0.25, -0.2) is 0 Å². The molecule has 3 heteroatoms. The van der Waals surface area contributed by atoms with Crippen LogP contribution in [0.15, 0.2) is 42.6 Å². The number of allylic oxidation sites excluding steroid dienone is 3. The normalized spacial score (nSPS) is 13.7. The molecule has 0 atom stereocenters. The highest BCUT2D eigenvalue weighted by atomic mass is 16.1. The first-order valence-electron chi connectivity index (χ1n) is 4.50. The maximum Gasteiger partial charge on any atom is 0.211 e. The van der Waals surface area contributed by atoms with Crippen LogP contribution in [0.4, 0.5) is 0 Å². The Labute approximate surface area is 87.1 Å². The van der Waals surface area contributed by atoms with Crippen molar-refractivity contribution in [3.05, 3.63) is 53.7 Å². The van der Waals surface area contributed by atoms with Crippen LogP contribution in [-0.2, 0) is 4.79 Å². The second kappa shape index (κ2) is 3.53. The molecule has 0 aromatic heterocycles. The Kier molecular flexibility index (Phi) is 2.21. The number of nitrogens with one attached hydrogen (secondary N) is 1. The molecule has 74 valence electrons. The van der Waals surface area contributed by atoms with E-state index in [0.717, 1.165) is 5.56 Å². The van der Waals surface area contributed by atoms with E-state index in [0.29, 0.717) is 23.2 Å². The summed E-state index contributed by atoms with van der Waals surface area (Å²) in [6, 6.07) is 7.21. The van der Waals surface area contributed by atoms with E-state index in [9.17, 15) is 9.59 Å². The van der Waals surface area contributed by atoms with Gasteiger partial charge in [0.05, 0.1) is 5.70 Å². The summed E-state index contributed by atoms with van der Waals surface area (Å²) in [5.41, 5.74) is 2.42. The number of hydrogen-bond acceptors (Lipinski definition) is 2. The number of rotatable bonds is 3. The van der Waals surface area contributed by atoms with Crippen molar-refractivity contribution >= 4 is 17.8 Å².